The number of benzene rings is 2. The Bertz CT molecular complexity index is 1170. The molecule has 0 radical (unpaired) electrons. The summed E-state index contributed by atoms with van der Waals surface area (Å²) in [6, 6.07) is 11.5. The van der Waals surface area contributed by atoms with Crippen molar-refractivity contribution in [2.24, 2.45) is 0 Å². The average molecular weight is 365 g/mol. The molecule has 0 fully saturated rings. The predicted molar refractivity (Wildman–Crippen MR) is 112 cm³/mol. The lowest BCUT2D eigenvalue weighted by atomic mass is 9.78. The molecule has 2 aliphatic carbocycles. The van der Waals surface area contributed by atoms with Crippen LogP contribution in [-0.4, -0.2) is 4.98 Å². The number of nitrogens with zero attached hydrogens (tertiary/aromatic N) is 1. The van der Waals surface area contributed by atoms with Crippen LogP contribution in [0.5, 0.6) is 0 Å². The van der Waals surface area contributed by atoms with E-state index in [0.717, 1.165) is 53.6 Å². The van der Waals surface area contributed by atoms with E-state index in [-0.39, 0.29) is 5.82 Å². The van der Waals surface area contributed by atoms with Crippen LogP contribution >= 0.6 is 0 Å². The van der Waals surface area contributed by atoms with E-state index in [2.05, 4.69) is 41.1 Å². The molecule has 2 aliphatic rings. The summed E-state index contributed by atoms with van der Waals surface area (Å²) in [6.07, 6.45) is 10.3. The molecule has 0 spiro atoms. The Morgan fingerprint density at radius 2 is 1.79 bits per heavy atom. The minimum absolute atomic E-state index is 0.226. The van der Waals surface area contributed by atoms with E-state index < -0.39 is 0 Å². The van der Waals surface area contributed by atoms with Crippen molar-refractivity contribution in [2.45, 2.75) is 32.6 Å². The van der Waals surface area contributed by atoms with Crippen molar-refractivity contribution in [1.29, 1.82) is 0 Å². The zero-order valence-electron chi connectivity index (χ0n) is 15.8. The first-order chi connectivity index (χ1) is 13.7. The number of halogens is 1. The second-order valence-corrected chi connectivity index (χ2v) is 7.52. The van der Waals surface area contributed by atoms with Gasteiger partial charge in [0, 0.05) is 23.0 Å². The van der Waals surface area contributed by atoms with E-state index in [0.29, 0.717) is 0 Å². The largest absolute Gasteiger partial charge is 0.260 e. The Balaban J connectivity index is 1.63. The zero-order chi connectivity index (χ0) is 19.1. The summed E-state index contributed by atoms with van der Waals surface area (Å²) < 4.78 is 14.5. The molecule has 0 saturated heterocycles. The second-order valence-electron chi connectivity index (χ2n) is 7.52. The van der Waals surface area contributed by atoms with Crippen molar-refractivity contribution in [3.8, 4) is 23.0 Å². The molecule has 0 unspecified atom stereocenters. The van der Waals surface area contributed by atoms with Crippen LogP contribution in [0.15, 0.2) is 48.7 Å². The van der Waals surface area contributed by atoms with Crippen LogP contribution in [0.4, 0.5) is 4.39 Å². The van der Waals surface area contributed by atoms with E-state index in [1.165, 1.54) is 22.3 Å². The molecular weight excluding hydrogens is 345 g/mol. The Kier molecular flexibility index (Phi) is 4.10. The van der Waals surface area contributed by atoms with Crippen LogP contribution in [0.25, 0.3) is 17.2 Å². The number of aromatic nitrogens is 1. The van der Waals surface area contributed by atoms with Gasteiger partial charge < -0.3 is 0 Å². The highest BCUT2D eigenvalue weighted by molar-refractivity contribution is 5.79. The van der Waals surface area contributed by atoms with Gasteiger partial charge in [-0.15, -0.1) is 0 Å². The molecule has 0 saturated carbocycles. The maximum atomic E-state index is 14.5. The zero-order valence-corrected chi connectivity index (χ0v) is 15.8. The van der Waals surface area contributed by atoms with Gasteiger partial charge >= 0.3 is 0 Å². The Morgan fingerprint density at radius 3 is 2.64 bits per heavy atom. The normalized spacial score (nSPS) is 13.8. The van der Waals surface area contributed by atoms with Gasteiger partial charge in [-0.1, -0.05) is 36.1 Å². The monoisotopic (exact) mass is 365 g/mol. The Morgan fingerprint density at radius 1 is 0.893 bits per heavy atom. The summed E-state index contributed by atoms with van der Waals surface area (Å²) in [5, 5.41) is 0. The number of fused-ring (bicyclic) bond motifs is 5. The summed E-state index contributed by atoms with van der Waals surface area (Å²) in [6.45, 7) is 1.95. The van der Waals surface area contributed by atoms with Crippen molar-refractivity contribution >= 4 is 6.08 Å². The second kappa shape index (κ2) is 6.77. The fourth-order valence-electron chi connectivity index (χ4n) is 4.33. The third-order valence-corrected chi connectivity index (χ3v) is 5.71. The molecule has 136 valence electrons. The first-order valence-corrected chi connectivity index (χ1v) is 9.78. The lowest BCUT2D eigenvalue weighted by molar-refractivity contribution is 0.626. The SMILES string of the molecule is Cc1ccc(C#Cc2cc(F)cc3c2CCc2c-3ccc3c2CCC=C3)cn1. The van der Waals surface area contributed by atoms with Gasteiger partial charge in [0.25, 0.3) is 0 Å². The first-order valence-electron chi connectivity index (χ1n) is 9.78. The van der Waals surface area contributed by atoms with Gasteiger partial charge in [-0.2, -0.15) is 0 Å². The minimum Gasteiger partial charge on any atom is -0.260 e. The van der Waals surface area contributed by atoms with E-state index in [1.54, 1.807) is 18.3 Å². The van der Waals surface area contributed by atoms with Crippen LogP contribution in [-0.2, 0) is 19.3 Å². The number of aryl methyl sites for hydroxylation is 1. The van der Waals surface area contributed by atoms with Gasteiger partial charge in [-0.3, -0.25) is 4.98 Å². The summed E-state index contributed by atoms with van der Waals surface area (Å²) in [5.74, 6) is 6.13. The molecule has 5 rings (SSSR count). The third-order valence-electron chi connectivity index (χ3n) is 5.71. The molecule has 2 heteroatoms. The van der Waals surface area contributed by atoms with Gasteiger partial charge in [0.1, 0.15) is 5.82 Å². The lowest BCUT2D eigenvalue weighted by Gasteiger charge is -2.26. The molecule has 28 heavy (non-hydrogen) atoms. The number of pyridine rings is 1. The maximum Gasteiger partial charge on any atom is 0.125 e. The first kappa shape index (κ1) is 17.0. The standard InChI is InChI=1S/C26H20FN/c1-17-6-7-18(16-28-17)8-9-20-14-21(27)15-26-23(20)12-13-24-22-5-3-2-4-19(22)10-11-25(24)26/h2,4,6-7,10-11,14-16H,3,5,12-13H2,1H3. The quantitative estimate of drug-likeness (QED) is 0.469. The summed E-state index contributed by atoms with van der Waals surface area (Å²) >= 11 is 0. The predicted octanol–water partition coefficient (Wildman–Crippen LogP) is 5.65. The minimum atomic E-state index is -0.226. The Labute approximate surface area is 165 Å². The summed E-state index contributed by atoms with van der Waals surface area (Å²) in [5.41, 5.74) is 10.1. The van der Waals surface area contributed by atoms with Crippen LogP contribution in [0.1, 0.15) is 45.5 Å². The number of hydrogen-bond donors (Lipinski definition) is 0. The third kappa shape index (κ3) is 2.94. The van der Waals surface area contributed by atoms with Gasteiger partial charge in [-0.05, 0) is 90.3 Å². The molecule has 1 heterocycles. The smallest absolute Gasteiger partial charge is 0.125 e. The molecule has 3 aromatic rings. The topological polar surface area (TPSA) is 12.9 Å². The van der Waals surface area contributed by atoms with Crippen molar-refractivity contribution in [3.63, 3.8) is 0 Å². The molecule has 2 aromatic carbocycles. The Hall–Kier alpha value is -3.18. The van der Waals surface area contributed by atoms with E-state index in [9.17, 15) is 4.39 Å². The molecule has 0 bridgehead atoms. The van der Waals surface area contributed by atoms with Crippen LogP contribution in [0.2, 0.25) is 0 Å². The molecule has 1 aromatic heterocycles. The van der Waals surface area contributed by atoms with Gasteiger partial charge in [0.05, 0.1) is 0 Å². The van der Waals surface area contributed by atoms with E-state index >= 15 is 0 Å². The molecular formula is C26H20FN. The van der Waals surface area contributed by atoms with Gasteiger partial charge in [0.2, 0.25) is 0 Å². The van der Waals surface area contributed by atoms with E-state index in [4.69, 9.17) is 0 Å². The van der Waals surface area contributed by atoms with Crippen molar-refractivity contribution in [1.82, 2.24) is 4.98 Å². The summed E-state index contributed by atoms with van der Waals surface area (Å²) in [4.78, 5) is 4.28. The molecule has 0 amide bonds. The van der Waals surface area contributed by atoms with Crippen molar-refractivity contribution in [2.75, 3.05) is 0 Å². The van der Waals surface area contributed by atoms with Crippen molar-refractivity contribution in [3.05, 3.63) is 93.6 Å². The molecule has 0 N–H and O–H groups in total. The maximum absolute atomic E-state index is 14.5. The molecule has 1 nitrogen and oxygen atoms in total. The van der Waals surface area contributed by atoms with Crippen LogP contribution in [0, 0.1) is 24.6 Å². The number of hydrogen-bond acceptors (Lipinski definition) is 1. The highest BCUT2D eigenvalue weighted by Crippen LogP contribution is 2.39. The van der Waals surface area contributed by atoms with Gasteiger partial charge in [0.15, 0.2) is 0 Å². The highest BCUT2D eigenvalue weighted by Gasteiger charge is 2.23. The van der Waals surface area contributed by atoms with Crippen LogP contribution < -0.4 is 0 Å². The number of allylic oxidation sites excluding steroid dienone is 1. The highest BCUT2D eigenvalue weighted by atomic mass is 19.1. The van der Waals surface area contributed by atoms with Crippen LogP contribution in [0.3, 0.4) is 0 Å². The van der Waals surface area contributed by atoms with Gasteiger partial charge in [-0.25, -0.2) is 4.39 Å². The average Bonchev–Trinajstić information content (AvgIpc) is 2.72. The fraction of sp³-hybridized carbons (Fsp3) is 0.192. The molecule has 0 aliphatic heterocycles. The fourth-order valence-corrected chi connectivity index (χ4v) is 4.33. The molecule has 0 atom stereocenters. The van der Waals surface area contributed by atoms with Crippen molar-refractivity contribution < 1.29 is 4.39 Å². The van der Waals surface area contributed by atoms with E-state index in [1.807, 2.05) is 19.1 Å². The number of rotatable bonds is 0. The lowest BCUT2D eigenvalue weighted by Crippen LogP contribution is -2.11. The summed E-state index contributed by atoms with van der Waals surface area (Å²) in [7, 11) is 0.